The zero-order chi connectivity index (χ0) is 27.6. The van der Waals surface area contributed by atoms with Crippen LogP contribution in [0.1, 0.15) is 65.5 Å². The number of ether oxygens (including phenoxy) is 1. The molecular formula is C38H40N2O. The van der Waals surface area contributed by atoms with Gasteiger partial charge in [0, 0.05) is 41.5 Å². The van der Waals surface area contributed by atoms with E-state index in [1.807, 2.05) is 18.5 Å². The second kappa shape index (κ2) is 11.2. The minimum atomic E-state index is 0.00374. The van der Waals surface area contributed by atoms with E-state index in [2.05, 4.69) is 95.5 Å². The van der Waals surface area contributed by atoms with Gasteiger partial charge < -0.3 is 9.30 Å². The lowest BCUT2D eigenvalue weighted by Crippen LogP contribution is -2.30. The average Bonchev–Trinajstić information content (AvgIpc) is 3.54. The molecule has 0 N–H and O–H groups in total. The van der Waals surface area contributed by atoms with E-state index in [0.717, 1.165) is 37.5 Å². The summed E-state index contributed by atoms with van der Waals surface area (Å²) in [6, 6.07) is 28.9. The molecule has 3 nitrogen and oxygen atoms in total. The van der Waals surface area contributed by atoms with Crippen molar-refractivity contribution < 1.29 is 4.74 Å². The lowest BCUT2D eigenvalue weighted by molar-refractivity contribution is 0.306. The zero-order valence-electron chi connectivity index (χ0n) is 24.2. The molecule has 2 aliphatic rings. The maximum atomic E-state index is 6.25. The van der Waals surface area contributed by atoms with Crippen LogP contribution in [0.15, 0.2) is 97.5 Å². The molecule has 1 saturated carbocycles. The van der Waals surface area contributed by atoms with Gasteiger partial charge in [-0.05, 0) is 109 Å². The van der Waals surface area contributed by atoms with Crippen LogP contribution in [0.25, 0.3) is 10.9 Å². The summed E-state index contributed by atoms with van der Waals surface area (Å²) in [6.07, 6.45) is 16.2. The maximum absolute atomic E-state index is 6.25. The number of fused-ring (bicyclic) bond motifs is 2. The molecule has 0 radical (unpaired) electrons. The number of aromatic nitrogens is 2. The highest BCUT2D eigenvalue weighted by Crippen LogP contribution is 2.44. The summed E-state index contributed by atoms with van der Waals surface area (Å²) >= 11 is 0. The molecule has 1 unspecified atom stereocenters. The van der Waals surface area contributed by atoms with Crippen molar-refractivity contribution in [2.24, 2.45) is 5.92 Å². The Labute approximate surface area is 244 Å². The Morgan fingerprint density at radius 1 is 0.829 bits per heavy atom. The van der Waals surface area contributed by atoms with Gasteiger partial charge >= 0.3 is 0 Å². The number of hydrogen-bond acceptors (Lipinski definition) is 2. The van der Waals surface area contributed by atoms with Gasteiger partial charge in [0.05, 0.1) is 0 Å². The number of pyridine rings is 1. The van der Waals surface area contributed by atoms with E-state index in [1.54, 1.807) is 0 Å². The molecule has 5 aromatic rings. The van der Waals surface area contributed by atoms with Crippen molar-refractivity contribution in [1.29, 1.82) is 0 Å². The standard InChI is InChI=1S/C38H40N2O/c1-28-25-40(26-30-8-4-2-5-9-30)37-21-34(13-15-36(28)37)38(22-29-16-18-39-19-17-29)23-32-12-14-35(20-33(32)24-38)41-27-31-10-6-3-7-11-31/h3,6-7,10-21,25,30H,2,4-5,8-9,22-24,26-27H2,1H3. The number of nitrogens with zero attached hydrogens (tertiary/aromatic N) is 2. The molecule has 1 atom stereocenters. The van der Waals surface area contributed by atoms with Crippen LogP contribution in [-0.2, 0) is 37.8 Å². The van der Waals surface area contributed by atoms with E-state index in [9.17, 15) is 0 Å². The van der Waals surface area contributed by atoms with Crippen LogP contribution in [0.2, 0.25) is 0 Å². The highest BCUT2D eigenvalue weighted by molar-refractivity contribution is 5.84. The molecule has 0 aliphatic heterocycles. The Morgan fingerprint density at radius 2 is 1.63 bits per heavy atom. The number of benzene rings is 3. The van der Waals surface area contributed by atoms with Crippen LogP contribution in [0.4, 0.5) is 0 Å². The molecule has 0 saturated heterocycles. The fraction of sp³-hybridized carbons (Fsp3) is 0.342. The normalized spacial score (nSPS) is 19.0. The smallest absolute Gasteiger partial charge is 0.120 e. The van der Waals surface area contributed by atoms with Crippen LogP contribution in [-0.4, -0.2) is 9.55 Å². The van der Waals surface area contributed by atoms with Crippen LogP contribution in [0, 0.1) is 12.8 Å². The second-order valence-electron chi connectivity index (χ2n) is 12.6. The molecule has 1 fully saturated rings. The molecular weight excluding hydrogens is 500 g/mol. The molecule has 2 aliphatic carbocycles. The van der Waals surface area contributed by atoms with E-state index in [0.29, 0.717) is 6.61 Å². The molecule has 2 heterocycles. The van der Waals surface area contributed by atoms with Gasteiger partial charge in [0.2, 0.25) is 0 Å². The van der Waals surface area contributed by atoms with E-state index in [4.69, 9.17) is 4.74 Å². The molecule has 208 valence electrons. The summed E-state index contributed by atoms with van der Waals surface area (Å²) in [6.45, 7) is 4.01. The van der Waals surface area contributed by atoms with Gasteiger partial charge in [0.15, 0.2) is 0 Å². The van der Waals surface area contributed by atoms with Crippen LogP contribution >= 0.6 is 0 Å². The van der Waals surface area contributed by atoms with E-state index < -0.39 is 0 Å². The molecule has 0 spiro atoms. The van der Waals surface area contributed by atoms with Crippen molar-refractivity contribution in [1.82, 2.24) is 9.55 Å². The first-order valence-corrected chi connectivity index (χ1v) is 15.4. The molecule has 3 heteroatoms. The van der Waals surface area contributed by atoms with Gasteiger partial charge in [0.1, 0.15) is 12.4 Å². The molecule has 3 aromatic carbocycles. The van der Waals surface area contributed by atoms with Crippen LogP contribution in [0.5, 0.6) is 5.75 Å². The Morgan fingerprint density at radius 3 is 2.46 bits per heavy atom. The SMILES string of the molecule is Cc1cn(CC2CCCCC2)c2cc(C3(Cc4ccncc4)Cc4ccc(OCc5ccccc5)cc4C3)ccc12. The van der Waals surface area contributed by atoms with Crippen molar-refractivity contribution in [2.45, 2.75) is 76.9 Å². The summed E-state index contributed by atoms with van der Waals surface area (Å²) in [7, 11) is 0. The van der Waals surface area contributed by atoms with Crippen molar-refractivity contribution >= 4 is 10.9 Å². The largest absolute Gasteiger partial charge is 0.489 e. The Hall–Kier alpha value is -3.85. The first-order valence-electron chi connectivity index (χ1n) is 15.4. The molecule has 2 aromatic heterocycles. The van der Waals surface area contributed by atoms with Crippen molar-refractivity contribution in [3.05, 3.63) is 131 Å². The minimum absolute atomic E-state index is 0.00374. The number of rotatable bonds is 8. The van der Waals surface area contributed by atoms with E-state index in [1.165, 1.54) is 76.4 Å². The predicted molar refractivity (Wildman–Crippen MR) is 167 cm³/mol. The highest BCUT2D eigenvalue weighted by atomic mass is 16.5. The fourth-order valence-electron chi connectivity index (χ4n) is 7.49. The number of hydrogen-bond donors (Lipinski definition) is 0. The van der Waals surface area contributed by atoms with Gasteiger partial charge in [-0.3, -0.25) is 4.98 Å². The summed E-state index contributed by atoms with van der Waals surface area (Å²) in [5.74, 6) is 1.76. The van der Waals surface area contributed by atoms with Gasteiger partial charge in [-0.1, -0.05) is 67.8 Å². The van der Waals surface area contributed by atoms with Crippen molar-refractivity contribution in [2.75, 3.05) is 0 Å². The quantitative estimate of drug-likeness (QED) is 0.197. The van der Waals surface area contributed by atoms with E-state index >= 15 is 0 Å². The third-order valence-electron chi connectivity index (χ3n) is 9.65. The first-order chi connectivity index (χ1) is 20.1. The van der Waals surface area contributed by atoms with Crippen molar-refractivity contribution in [3.8, 4) is 5.75 Å². The van der Waals surface area contributed by atoms with Gasteiger partial charge in [-0.15, -0.1) is 0 Å². The molecule has 7 rings (SSSR count). The van der Waals surface area contributed by atoms with Crippen molar-refractivity contribution in [3.63, 3.8) is 0 Å². The number of aryl methyl sites for hydroxylation is 1. The predicted octanol–water partition coefficient (Wildman–Crippen LogP) is 8.78. The third kappa shape index (κ3) is 5.43. The second-order valence-corrected chi connectivity index (χ2v) is 12.6. The van der Waals surface area contributed by atoms with Gasteiger partial charge in [-0.2, -0.15) is 0 Å². The topological polar surface area (TPSA) is 27.1 Å². The Kier molecular flexibility index (Phi) is 7.12. The van der Waals surface area contributed by atoms with Gasteiger partial charge in [0.25, 0.3) is 0 Å². The third-order valence-corrected chi connectivity index (χ3v) is 9.65. The Balaban J connectivity index is 1.22. The molecule has 41 heavy (non-hydrogen) atoms. The summed E-state index contributed by atoms with van der Waals surface area (Å²) < 4.78 is 8.82. The first kappa shape index (κ1) is 26.1. The monoisotopic (exact) mass is 540 g/mol. The maximum Gasteiger partial charge on any atom is 0.120 e. The average molecular weight is 541 g/mol. The van der Waals surface area contributed by atoms with Crippen LogP contribution in [0.3, 0.4) is 0 Å². The fourth-order valence-corrected chi connectivity index (χ4v) is 7.49. The summed E-state index contributed by atoms with van der Waals surface area (Å²) in [4.78, 5) is 4.30. The molecule has 0 amide bonds. The summed E-state index contributed by atoms with van der Waals surface area (Å²) in [5.41, 5.74) is 9.65. The minimum Gasteiger partial charge on any atom is -0.489 e. The van der Waals surface area contributed by atoms with E-state index in [-0.39, 0.29) is 5.41 Å². The van der Waals surface area contributed by atoms with Crippen LogP contribution < -0.4 is 4.74 Å². The molecule has 0 bridgehead atoms. The Bertz CT molecular complexity index is 1630. The highest BCUT2D eigenvalue weighted by Gasteiger charge is 2.39. The lowest BCUT2D eigenvalue weighted by atomic mass is 9.73. The lowest BCUT2D eigenvalue weighted by Gasteiger charge is -2.30. The summed E-state index contributed by atoms with van der Waals surface area (Å²) in [5, 5.41) is 1.40. The zero-order valence-corrected chi connectivity index (χ0v) is 24.2. The van der Waals surface area contributed by atoms with Gasteiger partial charge in [-0.25, -0.2) is 0 Å².